The van der Waals surface area contributed by atoms with E-state index in [0.29, 0.717) is 18.8 Å². The monoisotopic (exact) mass is 377 g/mol. The molecule has 1 heterocycles. The van der Waals surface area contributed by atoms with Crippen LogP contribution in [0.1, 0.15) is 0 Å². The van der Waals surface area contributed by atoms with E-state index in [1.54, 1.807) is 18.0 Å². The van der Waals surface area contributed by atoms with Crippen molar-refractivity contribution >= 4 is 31.6 Å². The summed E-state index contributed by atoms with van der Waals surface area (Å²) in [6.07, 6.45) is 2.94. The minimum atomic E-state index is -3.82. The Morgan fingerprint density at radius 2 is 2.24 bits per heavy atom. The van der Waals surface area contributed by atoms with E-state index in [1.165, 1.54) is 12.3 Å². The second-order valence-electron chi connectivity index (χ2n) is 4.17. The normalized spacial score (nSPS) is 11.6. The number of benzene rings is 1. The van der Waals surface area contributed by atoms with Gasteiger partial charge in [0.1, 0.15) is 10.7 Å². The molecular weight excluding hydrogens is 365 g/mol. The molecule has 9 heteroatoms. The molecular formula is C12H13BrFN3O3S. The highest BCUT2D eigenvalue weighted by Gasteiger charge is 2.18. The van der Waals surface area contributed by atoms with Crippen molar-refractivity contribution in [3.8, 4) is 0 Å². The van der Waals surface area contributed by atoms with E-state index in [0.717, 1.165) is 12.1 Å². The zero-order valence-corrected chi connectivity index (χ0v) is 13.5. The van der Waals surface area contributed by atoms with Gasteiger partial charge in [-0.1, -0.05) is 0 Å². The number of sulfonamides is 1. The summed E-state index contributed by atoms with van der Waals surface area (Å²) in [5.74, 6) is -0.520. The van der Waals surface area contributed by atoms with Gasteiger partial charge in [-0.2, -0.15) is 5.10 Å². The number of hydrogen-bond donors (Lipinski definition) is 1. The van der Waals surface area contributed by atoms with Gasteiger partial charge in [0.25, 0.3) is 10.0 Å². The summed E-state index contributed by atoms with van der Waals surface area (Å²) in [5.41, 5.74) is 0.322. The van der Waals surface area contributed by atoms with Crippen molar-refractivity contribution in [2.24, 2.45) is 0 Å². The lowest BCUT2D eigenvalue weighted by atomic mass is 10.3. The lowest BCUT2D eigenvalue weighted by Gasteiger charge is -2.07. The third-order valence-corrected chi connectivity index (χ3v) is 4.95. The van der Waals surface area contributed by atoms with Crippen LogP contribution in [-0.2, 0) is 21.3 Å². The first-order chi connectivity index (χ1) is 9.92. The highest BCUT2D eigenvalue weighted by molar-refractivity contribution is 9.10. The molecule has 0 saturated carbocycles. The number of halogens is 2. The molecule has 1 aromatic heterocycles. The van der Waals surface area contributed by atoms with Crippen molar-refractivity contribution in [2.75, 3.05) is 18.4 Å². The second kappa shape index (κ2) is 6.54. The lowest BCUT2D eigenvalue weighted by molar-refractivity contribution is 0.183. The Hall–Kier alpha value is -1.45. The maximum absolute atomic E-state index is 13.0. The number of methoxy groups -OCH3 is 1. The molecule has 0 radical (unpaired) electrons. The van der Waals surface area contributed by atoms with Gasteiger partial charge in [-0.3, -0.25) is 9.40 Å². The van der Waals surface area contributed by atoms with Crippen molar-refractivity contribution in [1.82, 2.24) is 9.78 Å². The average Bonchev–Trinajstić information content (AvgIpc) is 2.82. The molecule has 0 aliphatic carbocycles. The summed E-state index contributed by atoms with van der Waals surface area (Å²) in [6, 6.07) is 3.37. The third-order valence-electron chi connectivity index (χ3n) is 2.59. The summed E-state index contributed by atoms with van der Waals surface area (Å²) in [4.78, 5) is -0.0476. The molecule has 1 aromatic carbocycles. The number of anilines is 1. The van der Waals surface area contributed by atoms with Crippen molar-refractivity contribution in [1.29, 1.82) is 0 Å². The van der Waals surface area contributed by atoms with E-state index >= 15 is 0 Å². The number of ether oxygens (including phenoxy) is 1. The molecule has 21 heavy (non-hydrogen) atoms. The molecule has 0 spiro atoms. The van der Waals surface area contributed by atoms with Gasteiger partial charge < -0.3 is 4.74 Å². The summed E-state index contributed by atoms with van der Waals surface area (Å²) < 4.78 is 46.5. The molecule has 2 rings (SSSR count). The van der Waals surface area contributed by atoms with E-state index in [-0.39, 0.29) is 9.37 Å². The van der Waals surface area contributed by atoms with E-state index in [9.17, 15) is 12.8 Å². The van der Waals surface area contributed by atoms with Gasteiger partial charge >= 0.3 is 0 Å². The molecule has 0 bridgehead atoms. The quantitative estimate of drug-likeness (QED) is 0.837. The predicted octanol–water partition coefficient (Wildman–Crippen LogP) is 2.23. The van der Waals surface area contributed by atoms with Crippen molar-refractivity contribution in [2.45, 2.75) is 11.4 Å². The minimum absolute atomic E-state index is 0.0476. The van der Waals surface area contributed by atoms with Gasteiger partial charge in [0, 0.05) is 17.8 Å². The van der Waals surface area contributed by atoms with Crippen molar-refractivity contribution < 1.29 is 17.5 Å². The fourth-order valence-corrected chi connectivity index (χ4v) is 3.71. The minimum Gasteiger partial charge on any atom is -0.383 e. The van der Waals surface area contributed by atoms with Gasteiger partial charge in [0.2, 0.25) is 0 Å². The third kappa shape index (κ3) is 4.02. The molecule has 114 valence electrons. The van der Waals surface area contributed by atoms with Crippen LogP contribution in [0, 0.1) is 5.82 Å². The molecule has 0 fully saturated rings. The molecule has 0 saturated heterocycles. The molecule has 0 aliphatic heterocycles. The number of nitrogens with one attached hydrogen (secondary N) is 1. The van der Waals surface area contributed by atoms with E-state index in [4.69, 9.17) is 4.74 Å². The maximum atomic E-state index is 13.0. The number of rotatable bonds is 6. The zero-order chi connectivity index (χ0) is 15.5. The molecule has 0 unspecified atom stereocenters. The van der Waals surface area contributed by atoms with Crippen LogP contribution in [0.25, 0.3) is 0 Å². The van der Waals surface area contributed by atoms with Gasteiger partial charge in [0.15, 0.2) is 0 Å². The Kier molecular flexibility index (Phi) is 4.96. The fourth-order valence-electron chi connectivity index (χ4n) is 1.63. The van der Waals surface area contributed by atoms with Crippen LogP contribution in [0.4, 0.5) is 10.1 Å². The summed E-state index contributed by atoms with van der Waals surface area (Å²) in [7, 11) is -2.25. The zero-order valence-electron chi connectivity index (χ0n) is 11.1. The summed E-state index contributed by atoms with van der Waals surface area (Å²) in [5, 5.41) is 4.01. The van der Waals surface area contributed by atoms with Crippen LogP contribution in [0.3, 0.4) is 0 Å². The molecule has 0 atom stereocenters. The van der Waals surface area contributed by atoms with Crippen LogP contribution < -0.4 is 4.72 Å². The first-order valence-electron chi connectivity index (χ1n) is 5.91. The summed E-state index contributed by atoms with van der Waals surface area (Å²) in [6.45, 7) is 0.982. The topological polar surface area (TPSA) is 73.2 Å². The van der Waals surface area contributed by atoms with Gasteiger partial charge in [-0.15, -0.1) is 0 Å². The lowest BCUT2D eigenvalue weighted by Crippen LogP contribution is -2.13. The Morgan fingerprint density at radius 1 is 1.48 bits per heavy atom. The smallest absolute Gasteiger partial charge is 0.263 e. The van der Waals surface area contributed by atoms with Gasteiger partial charge in [-0.05, 0) is 34.1 Å². The Balaban J connectivity index is 2.19. The number of nitrogens with zero attached hydrogens (tertiary/aromatic N) is 2. The molecule has 1 N–H and O–H groups in total. The van der Waals surface area contributed by atoms with Crippen LogP contribution in [0.15, 0.2) is 40.0 Å². The first-order valence-corrected chi connectivity index (χ1v) is 8.19. The van der Waals surface area contributed by atoms with Crippen LogP contribution in [0.5, 0.6) is 0 Å². The van der Waals surface area contributed by atoms with E-state index in [2.05, 4.69) is 25.8 Å². The van der Waals surface area contributed by atoms with Crippen molar-refractivity contribution in [3.63, 3.8) is 0 Å². The van der Waals surface area contributed by atoms with Gasteiger partial charge in [-0.25, -0.2) is 12.8 Å². The molecule has 6 nitrogen and oxygen atoms in total. The van der Waals surface area contributed by atoms with E-state index < -0.39 is 15.8 Å². The Labute approximate surface area is 130 Å². The number of hydrogen-bond acceptors (Lipinski definition) is 4. The standard InChI is InChI=1S/C12H13BrFN3O3S/c1-20-5-4-17-8-10(7-15-17)16-21(18,19)12-3-2-9(14)6-11(12)13/h2-3,6-8,16H,4-5H2,1H3. The van der Waals surface area contributed by atoms with E-state index in [1.807, 2.05) is 0 Å². The second-order valence-corrected chi connectivity index (χ2v) is 6.67. The van der Waals surface area contributed by atoms with Crippen LogP contribution in [-0.4, -0.2) is 31.9 Å². The molecule has 0 amide bonds. The Bertz CT molecular complexity index is 733. The molecule has 2 aromatic rings. The highest BCUT2D eigenvalue weighted by atomic mass is 79.9. The van der Waals surface area contributed by atoms with Crippen LogP contribution in [0.2, 0.25) is 0 Å². The predicted molar refractivity (Wildman–Crippen MR) is 79.0 cm³/mol. The first kappa shape index (κ1) is 15.9. The average molecular weight is 378 g/mol. The van der Waals surface area contributed by atoms with Crippen molar-refractivity contribution in [3.05, 3.63) is 40.9 Å². The maximum Gasteiger partial charge on any atom is 0.263 e. The SMILES string of the molecule is COCCn1cc(NS(=O)(=O)c2ccc(F)cc2Br)cn1. The van der Waals surface area contributed by atoms with Crippen LogP contribution >= 0.6 is 15.9 Å². The largest absolute Gasteiger partial charge is 0.383 e. The summed E-state index contributed by atoms with van der Waals surface area (Å²) >= 11 is 3.04. The highest BCUT2D eigenvalue weighted by Crippen LogP contribution is 2.24. The molecule has 0 aliphatic rings. The van der Waals surface area contributed by atoms with Gasteiger partial charge in [0.05, 0.1) is 25.0 Å². The fraction of sp³-hybridized carbons (Fsp3) is 0.250. The Morgan fingerprint density at radius 3 is 2.90 bits per heavy atom. The number of aromatic nitrogens is 2.